The zero-order valence-electron chi connectivity index (χ0n) is 24.7. The summed E-state index contributed by atoms with van der Waals surface area (Å²) in [6.45, 7) is 7.80. The lowest BCUT2D eigenvalue weighted by atomic mass is 9.98. The van der Waals surface area contributed by atoms with Crippen LogP contribution in [0.25, 0.3) is 0 Å². The van der Waals surface area contributed by atoms with Gasteiger partial charge in [-0.1, -0.05) is 38.1 Å². The maximum atomic E-state index is 13.1. The highest BCUT2D eigenvalue weighted by atomic mass is 16.5. The third-order valence-electron chi connectivity index (χ3n) is 6.68. The summed E-state index contributed by atoms with van der Waals surface area (Å²) in [6.07, 6.45) is 1.32. The van der Waals surface area contributed by atoms with Crippen molar-refractivity contribution in [3.8, 4) is 5.75 Å². The van der Waals surface area contributed by atoms with Gasteiger partial charge in [-0.15, -0.1) is 0 Å². The summed E-state index contributed by atoms with van der Waals surface area (Å²) in [6, 6.07) is 10.8. The first kappa shape index (κ1) is 31.9. The Kier molecular flexibility index (Phi) is 11.3. The van der Waals surface area contributed by atoms with Gasteiger partial charge in [0.1, 0.15) is 11.8 Å². The molecular formula is C30H40N6O6. The van der Waals surface area contributed by atoms with Gasteiger partial charge in [0.25, 0.3) is 0 Å². The van der Waals surface area contributed by atoms with Gasteiger partial charge >= 0.3 is 12.0 Å². The van der Waals surface area contributed by atoms with Crippen molar-refractivity contribution in [2.24, 2.45) is 11.0 Å². The molecule has 0 saturated carbocycles. The largest absolute Gasteiger partial charge is 0.495 e. The van der Waals surface area contributed by atoms with E-state index in [1.807, 2.05) is 31.2 Å². The van der Waals surface area contributed by atoms with Crippen molar-refractivity contribution in [1.82, 2.24) is 15.6 Å². The summed E-state index contributed by atoms with van der Waals surface area (Å²) in [5.41, 5.74) is 3.56. The third kappa shape index (κ3) is 9.50. The summed E-state index contributed by atoms with van der Waals surface area (Å²) in [4.78, 5) is 48.6. The molecule has 4 amide bonds. The zero-order valence-corrected chi connectivity index (χ0v) is 24.7. The third-order valence-corrected chi connectivity index (χ3v) is 6.68. The highest BCUT2D eigenvalue weighted by Gasteiger charge is 2.28. The van der Waals surface area contributed by atoms with Gasteiger partial charge in [-0.25, -0.2) is 9.59 Å². The summed E-state index contributed by atoms with van der Waals surface area (Å²) >= 11 is 0. The average molecular weight is 581 g/mol. The smallest absolute Gasteiger partial charge is 0.328 e. The SMILES string of the molecule is COc1cc(CC(=O)NC(CC(C)C)C2=NN(CC(NC(C)=O)C(=O)O)CC2)ccc1NC(=O)Nc1ccccc1C. The van der Waals surface area contributed by atoms with Gasteiger partial charge in [0.05, 0.1) is 37.5 Å². The van der Waals surface area contributed by atoms with Crippen molar-refractivity contribution in [3.63, 3.8) is 0 Å². The molecule has 0 bridgehead atoms. The number of amides is 4. The van der Waals surface area contributed by atoms with E-state index in [2.05, 4.69) is 40.2 Å². The number of carbonyl (C=O) groups is 4. The first-order valence-corrected chi connectivity index (χ1v) is 13.9. The number of aliphatic carboxylic acids is 1. The molecule has 0 saturated heterocycles. The number of rotatable bonds is 13. The molecule has 2 atom stereocenters. The molecule has 1 aliphatic rings. The molecule has 2 unspecified atom stereocenters. The predicted octanol–water partition coefficient (Wildman–Crippen LogP) is 3.37. The molecular weight excluding hydrogens is 540 g/mol. The van der Waals surface area contributed by atoms with Gasteiger partial charge < -0.3 is 31.1 Å². The number of nitrogens with one attached hydrogen (secondary N) is 4. The van der Waals surface area contributed by atoms with E-state index in [1.54, 1.807) is 23.2 Å². The fourth-order valence-electron chi connectivity index (χ4n) is 4.66. The number of aryl methyl sites for hydroxylation is 1. The number of ether oxygens (including phenoxy) is 1. The molecule has 1 heterocycles. The standard InChI is InChI=1S/C30H40N6O6/c1-18(2)14-25(23-12-13-36(35-23)17-26(29(39)40)31-20(4)37)32-28(38)16-21-10-11-24(27(15-21)42-5)34-30(41)33-22-9-7-6-8-19(22)3/h6-11,15,18,25-26H,12-14,16-17H2,1-5H3,(H,31,37)(H,32,38)(H,39,40)(H2,33,34,41). The molecule has 1 aliphatic heterocycles. The number of methoxy groups -OCH3 is 1. The normalized spacial score (nSPS) is 14.0. The molecule has 42 heavy (non-hydrogen) atoms. The molecule has 3 rings (SSSR count). The van der Waals surface area contributed by atoms with Crippen LogP contribution in [0.5, 0.6) is 5.75 Å². The van der Waals surface area contributed by atoms with Crippen molar-refractivity contribution >= 4 is 40.9 Å². The Bertz CT molecular complexity index is 1330. The number of para-hydroxylation sites is 1. The molecule has 2 aromatic carbocycles. The fourth-order valence-corrected chi connectivity index (χ4v) is 4.66. The molecule has 12 heteroatoms. The van der Waals surface area contributed by atoms with Crippen LogP contribution in [0, 0.1) is 12.8 Å². The number of hydrazone groups is 1. The van der Waals surface area contributed by atoms with E-state index in [0.29, 0.717) is 42.1 Å². The van der Waals surface area contributed by atoms with Crippen molar-refractivity contribution in [2.75, 3.05) is 30.8 Å². The maximum absolute atomic E-state index is 13.1. The van der Waals surface area contributed by atoms with E-state index in [1.165, 1.54) is 14.0 Å². The van der Waals surface area contributed by atoms with Crippen LogP contribution in [0.4, 0.5) is 16.2 Å². The van der Waals surface area contributed by atoms with Crippen molar-refractivity contribution in [1.29, 1.82) is 0 Å². The average Bonchev–Trinajstić information content (AvgIpc) is 3.38. The van der Waals surface area contributed by atoms with Gasteiger partial charge in [-0.05, 0) is 48.6 Å². The van der Waals surface area contributed by atoms with Crippen LogP contribution < -0.4 is 26.0 Å². The molecule has 2 aromatic rings. The molecule has 0 radical (unpaired) electrons. The Morgan fingerprint density at radius 2 is 1.76 bits per heavy atom. The van der Waals surface area contributed by atoms with Gasteiger partial charge in [-0.3, -0.25) is 14.6 Å². The molecule has 0 fully saturated rings. The number of hydrogen-bond donors (Lipinski definition) is 5. The van der Waals surface area contributed by atoms with Gasteiger partial charge in [0.2, 0.25) is 11.8 Å². The predicted molar refractivity (Wildman–Crippen MR) is 161 cm³/mol. The molecule has 226 valence electrons. The number of carboxylic acids is 1. The number of urea groups is 1. The number of carbonyl (C=O) groups excluding carboxylic acids is 3. The Hall–Kier alpha value is -4.61. The van der Waals surface area contributed by atoms with Crippen LogP contribution in [0.15, 0.2) is 47.6 Å². The monoisotopic (exact) mass is 580 g/mol. The quantitative estimate of drug-likeness (QED) is 0.243. The number of hydrogen-bond acceptors (Lipinski definition) is 7. The molecule has 12 nitrogen and oxygen atoms in total. The second-order valence-electron chi connectivity index (χ2n) is 10.7. The number of carboxylic acid groups (broad SMARTS) is 1. The Balaban J connectivity index is 1.64. The number of benzene rings is 2. The van der Waals surface area contributed by atoms with Gasteiger partial charge in [-0.2, -0.15) is 5.10 Å². The van der Waals surface area contributed by atoms with E-state index in [0.717, 1.165) is 11.3 Å². The minimum Gasteiger partial charge on any atom is -0.495 e. The first-order valence-electron chi connectivity index (χ1n) is 13.9. The molecule has 0 spiro atoms. The minimum atomic E-state index is -1.13. The maximum Gasteiger partial charge on any atom is 0.328 e. The van der Waals surface area contributed by atoms with Crippen molar-refractivity contribution < 1.29 is 29.0 Å². The van der Waals surface area contributed by atoms with E-state index in [-0.39, 0.29) is 30.8 Å². The van der Waals surface area contributed by atoms with Crippen molar-refractivity contribution in [2.45, 2.75) is 59.0 Å². The van der Waals surface area contributed by atoms with Crippen LogP contribution >= 0.6 is 0 Å². The van der Waals surface area contributed by atoms with Gasteiger partial charge in [0, 0.05) is 25.6 Å². The van der Waals surface area contributed by atoms with E-state index < -0.39 is 23.9 Å². The molecule has 0 aliphatic carbocycles. The van der Waals surface area contributed by atoms with Crippen LogP contribution in [-0.2, 0) is 20.8 Å². The number of nitrogens with zero attached hydrogens (tertiary/aromatic N) is 2. The second kappa shape index (κ2) is 14.9. The Morgan fingerprint density at radius 1 is 1.05 bits per heavy atom. The second-order valence-corrected chi connectivity index (χ2v) is 10.7. The fraction of sp³-hybridized carbons (Fsp3) is 0.433. The zero-order chi connectivity index (χ0) is 30.8. The highest BCUT2D eigenvalue weighted by Crippen LogP contribution is 2.26. The summed E-state index contributed by atoms with van der Waals surface area (Å²) in [5, 5.41) is 26.7. The summed E-state index contributed by atoms with van der Waals surface area (Å²) < 4.78 is 5.47. The summed E-state index contributed by atoms with van der Waals surface area (Å²) in [7, 11) is 1.49. The van der Waals surface area contributed by atoms with Crippen LogP contribution in [0.1, 0.15) is 44.7 Å². The first-order chi connectivity index (χ1) is 19.9. The van der Waals surface area contributed by atoms with Crippen LogP contribution in [0.3, 0.4) is 0 Å². The Morgan fingerprint density at radius 3 is 2.40 bits per heavy atom. The van der Waals surface area contributed by atoms with Crippen LogP contribution in [0.2, 0.25) is 0 Å². The lowest BCUT2D eigenvalue weighted by Crippen LogP contribution is -2.46. The minimum absolute atomic E-state index is 0.0317. The van der Waals surface area contributed by atoms with Crippen LogP contribution in [-0.4, -0.2) is 71.9 Å². The van der Waals surface area contributed by atoms with E-state index in [4.69, 9.17) is 4.74 Å². The lowest BCUT2D eigenvalue weighted by molar-refractivity contribution is -0.142. The lowest BCUT2D eigenvalue weighted by Gasteiger charge is -2.21. The highest BCUT2D eigenvalue weighted by molar-refractivity contribution is 6.01. The van der Waals surface area contributed by atoms with Crippen molar-refractivity contribution in [3.05, 3.63) is 53.6 Å². The Labute approximate surface area is 245 Å². The molecule has 5 N–H and O–H groups in total. The summed E-state index contributed by atoms with van der Waals surface area (Å²) in [5.74, 6) is -1.08. The van der Waals surface area contributed by atoms with E-state index >= 15 is 0 Å². The number of anilines is 2. The van der Waals surface area contributed by atoms with E-state index in [9.17, 15) is 24.3 Å². The van der Waals surface area contributed by atoms with Gasteiger partial charge in [0.15, 0.2) is 0 Å². The topological polar surface area (TPSA) is 161 Å². The molecule has 0 aromatic heterocycles.